The van der Waals surface area contributed by atoms with Gasteiger partial charge in [0.25, 0.3) is 5.91 Å². The van der Waals surface area contributed by atoms with Crippen LogP contribution in [0.2, 0.25) is 0 Å². The van der Waals surface area contributed by atoms with E-state index in [0.29, 0.717) is 12.5 Å². The lowest BCUT2D eigenvalue weighted by atomic mass is 9.93. The number of benzene rings is 1. The molecule has 0 bridgehead atoms. The molecule has 2 aliphatic heterocycles. The standard InChI is InChI=1S/C25H30N2O4/c1-17(2)18-8-10-19(11-9-18)22-21(23(28)20-7-6-16-31-20)24(29)25(30)27(22)15-14-26-12-4-3-5-13-26/h6-11,16-17,22,29H,3-5,12-15H2,1-2H3. The van der Waals surface area contributed by atoms with E-state index in [1.807, 2.05) is 24.3 Å². The van der Waals surface area contributed by atoms with Gasteiger partial charge >= 0.3 is 0 Å². The average molecular weight is 423 g/mol. The molecule has 164 valence electrons. The molecule has 0 radical (unpaired) electrons. The maximum atomic E-state index is 13.2. The van der Waals surface area contributed by atoms with Gasteiger partial charge in [-0.3, -0.25) is 9.59 Å². The third-order valence-electron chi connectivity index (χ3n) is 6.32. The minimum Gasteiger partial charge on any atom is -0.503 e. The normalized spacial score (nSPS) is 20.2. The quantitative estimate of drug-likeness (QED) is 0.667. The van der Waals surface area contributed by atoms with Crippen molar-refractivity contribution in [2.75, 3.05) is 26.2 Å². The molecule has 4 rings (SSSR count). The number of carbonyl (C=O) groups excluding carboxylic acids is 2. The lowest BCUT2D eigenvalue weighted by Crippen LogP contribution is -2.40. The van der Waals surface area contributed by atoms with E-state index in [4.69, 9.17) is 4.42 Å². The van der Waals surface area contributed by atoms with Gasteiger partial charge in [0.2, 0.25) is 5.78 Å². The first-order valence-corrected chi connectivity index (χ1v) is 11.1. The summed E-state index contributed by atoms with van der Waals surface area (Å²) in [6, 6.07) is 10.5. The molecule has 1 fully saturated rings. The van der Waals surface area contributed by atoms with Crippen LogP contribution in [-0.2, 0) is 4.79 Å². The zero-order valence-electron chi connectivity index (χ0n) is 18.2. The topological polar surface area (TPSA) is 74.0 Å². The van der Waals surface area contributed by atoms with Crippen molar-refractivity contribution in [3.63, 3.8) is 0 Å². The largest absolute Gasteiger partial charge is 0.503 e. The van der Waals surface area contributed by atoms with Crippen LogP contribution in [0, 0.1) is 0 Å². The van der Waals surface area contributed by atoms with Gasteiger partial charge in [-0.05, 0) is 55.1 Å². The molecule has 1 saturated heterocycles. The van der Waals surface area contributed by atoms with Crippen molar-refractivity contribution < 1.29 is 19.1 Å². The molecule has 1 aromatic heterocycles. The van der Waals surface area contributed by atoms with E-state index in [-0.39, 0.29) is 11.3 Å². The van der Waals surface area contributed by atoms with Gasteiger partial charge in [0.15, 0.2) is 11.5 Å². The summed E-state index contributed by atoms with van der Waals surface area (Å²) in [4.78, 5) is 30.2. The Balaban J connectivity index is 1.66. The number of aliphatic hydroxyl groups is 1. The number of amides is 1. The highest BCUT2D eigenvalue weighted by molar-refractivity contribution is 6.15. The number of furan rings is 1. The summed E-state index contributed by atoms with van der Waals surface area (Å²) in [5.41, 5.74) is 2.09. The van der Waals surface area contributed by atoms with Crippen molar-refractivity contribution in [2.24, 2.45) is 0 Å². The lowest BCUT2D eigenvalue weighted by molar-refractivity contribution is -0.129. The van der Waals surface area contributed by atoms with Gasteiger partial charge < -0.3 is 19.3 Å². The van der Waals surface area contributed by atoms with Gasteiger partial charge in [0.1, 0.15) is 0 Å². The smallest absolute Gasteiger partial charge is 0.290 e. The van der Waals surface area contributed by atoms with Crippen LogP contribution in [0.1, 0.15) is 66.8 Å². The van der Waals surface area contributed by atoms with E-state index in [2.05, 4.69) is 18.7 Å². The van der Waals surface area contributed by atoms with E-state index in [1.165, 1.54) is 31.1 Å². The second-order valence-electron chi connectivity index (χ2n) is 8.69. The van der Waals surface area contributed by atoms with Gasteiger partial charge in [0.05, 0.1) is 17.9 Å². The van der Waals surface area contributed by atoms with Crippen LogP contribution in [-0.4, -0.2) is 52.8 Å². The molecule has 0 aliphatic carbocycles. The summed E-state index contributed by atoms with van der Waals surface area (Å²) in [6.45, 7) is 7.46. The van der Waals surface area contributed by atoms with Gasteiger partial charge in [-0.15, -0.1) is 0 Å². The third-order valence-corrected chi connectivity index (χ3v) is 6.32. The van der Waals surface area contributed by atoms with Gasteiger partial charge in [-0.2, -0.15) is 0 Å². The summed E-state index contributed by atoms with van der Waals surface area (Å²) in [5, 5.41) is 10.7. The number of Topliss-reactive ketones (excluding diaryl/α,β-unsaturated/α-hetero) is 1. The molecule has 6 heteroatoms. The van der Waals surface area contributed by atoms with Crippen LogP contribution in [0.15, 0.2) is 58.4 Å². The number of hydrogen-bond acceptors (Lipinski definition) is 5. The third kappa shape index (κ3) is 4.30. The Labute approximate surface area is 183 Å². The predicted octanol–water partition coefficient (Wildman–Crippen LogP) is 4.47. The van der Waals surface area contributed by atoms with Crippen LogP contribution in [0.4, 0.5) is 0 Å². The number of hydrogen-bond donors (Lipinski definition) is 1. The summed E-state index contributed by atoms with van der Waals surface area (Å²) < 4.78 is 5.28. The fourth-order valence-corrected chi connectivity index (χ4v) is 4.50. The molecule has 1 unspecified atom stereocenters. The number of carbonyl (C=O) groups is 2. The molecular formula is C25H30N2O4. The Morgan fingerprint density at radius 2 is 1.81 bits per heavy atom. The molecule has 0 saturated carbocycles. The maximum Gasteiger partial charge on any atom is 0.290 e. The zero-order valence-corrected chi connectivity index (χ0v) is 18.2. The molecule has 2 aromatic rings. The van der Waals surface area contributed by atoms with E-state index >= 15 is 0 Å². The number of piperidine rings is 1. The number of likely N-dealkylation sites (tertiary alicyclic amines) is 1. The number of ketones is 1. The van der Waals surface area contributed by atoms with Gasteiger partial charge in [0, 0.05) is 13.1 Å². The van der Waals surface area contributed by atoms with Crippen molar-refractivity contribution in [3.8, 4) is 0 Å². The average Bonchev–Trinajstić information content (AvgIpc) is 3.41. The molecule has 1 atom stereocenters. The monoisotopic (exact) mass is 422 g/mol. The van der Waals surface area contributed by atoms with Crippen molar-refractivity contribution in [2.45, 2.75) is 45.1 Å². The number of nitrogens with zero attached hydrogens (tertiary/aromatic N) is 2. The van der Waals surface area contributed by atoms with E-state index in [0.717, 1.165) is 25.2 Å². The minimum absolute atomic E-state index is 0.0934. The van der Waals surface area contributed by atoms with Crippen LogP contribution < -0.4 is 0 Å². The Hall–Kier alpha value is -2.86. The van der Waals surface area contributed by atoms with Crippen LogP contribution >= 0.6 is 0 Å². The number of aliphatic hydroxyl groups excluding tert-OH is 1. The predicted molar refractivity (Wildman–Crippen MR) is 118 cm³/mol. The highest BCUT2D eigenvalue weighted by atomic mass is 16.3. The van der Waals surface area contributed by atoms with Crippen LogP contribution in [0.5, 0.6) is 0 Å². The van der Waals surface area contributed by atoms with Crippen molar-refractivity contribution in [3.05, 3.63) is 70.9 Å². The first kappa shape index (κ1) is 21.4. The Bertz CT molecular complexity index is 954. The summed E-state index contributed by atoms with van der Waals surface area (Å²) >= 11 is 0. The highest BCUT2D eigenvalue weighted by Gasteiger charge is 2.44. The van der Waals surface area contributed by atoms with Crippen LogP contribution in [0.25, 0.3) is 0 Å². The molecule has 1 amide bonds. The summed E-state index contributed by atoms with van der Waals surface area (Å²) in [7, 11) is 0. The molecule has 31 heavy (non-hydrogen) atoms. The summed E-state index contributed by atoms with van der Waals surface area (Å²) in [6.07, 6.45) is 5.00. The Kier molecular flexibility index (Phi) is 6.28. The molecule has 6 nitrogen and oxygen atoms in total. The molecule has 2 aliphatic rings. The molecular weight excluding hydrogens is 392 g/mol. The van der Waals surface area contributed by atoms with E-state index in [1.54, 1.807) is 17.0 Å². The second-order valence-corrected chi connectivity index (χ2v) is 8.69. The van der Waals surface area contributed by atoms with Crippen molar-refractivity contribution in [1.82, 2.24) is 9.80 Å². The maximum absolute atomic E-state index is 13.2. The molecule has 1 aromatic carbocycles. The lowest BCUT2D eigenvalue weighted by Gasteiger charge is -2.31. The van der Waals surface area contributed by atoms with Gasteiger partial charge in [-0.1, -0.05) is 44.5 Å². The Morgan fingerprint density at radius 3 is 2.42 bits per heavy atom. The highest BCUT2D eigenvalue weighted by Crippen LogP contribution is 2.39. The first-order chi connectivity index (χ1) is 15.0. The van der Waals surface area contributed by atoms with Gasteiger partial charge in [-0.25, -0.2) is 0 Å². The van der Waals surface area contributed by atoms with Crippen molar-refractivity contribution in [1.29, 1.82) is 0 Å². The first-order valence-electron chi connectivity index (χ1n) is 11.1. The zero-order chi connectivity index (χ0) is 22.0. The molecule has 1 N–H and O–H groups in total. The fourth-order valence-electron chi connectivity index (χ4n) is 4.50. The minimum atomic E-state index is -0.629. The van der Waals surface area contributed by atoms with E-state index in [9.17, 15) is 14.7 Å². The summed E-state index contributed by atoms with van der Waals surface area (Å²) in [5.74, 6) is -0.921. The Morgan fingerprint density at radius 1 is 1.10 bits per heavy atom. The SMILES string of the molecule is CC(C)c1ccc(C2C(C(=O)c3ccco3)=C(O)C(=O)N2CCN2CCCCC2)cc1. The van der Waals surface area contributed by atoms with E-state index < -0.39 is 23.5 Å². The molecule has 3 heterocycles. The fraction of sp³-hybridized carbons (Fsp3) is 0.440. The second kappa shape index (κ2) is 9.10. The number of rotatable bonds is 7. The molecule has 0 spiro atoms. The van der Waals surface area contributed by atoms with Crippen LogP contribution in [0.3, 0.4) is 0 Å². The van der Waals surface area contributed by atoms with Crippen molar-refractivity contribution >= 4 is 11.7 Å².